The van der Waals surface area contributed by atoms with Crippen molar-refractivity contribution in [3.05, 3.63) is 47.2 Å². The van der Waals surface area contributed by atoms with E-state index < -0.39 is 35.1 Å². The van der Waals surface area contributed by atoms with E-state index in [1.807, 2.05) is 0 Å². The molecule has 2 aromatic heterocycles. The van der Waals surface area contributed by atoms with Gasteiger partial charge in [-0.1, -0.05) is 17.4 Å². The van der Waals surface area contributed by atoms with E-state index in [0.29, 0.717) is 22.2 Å². The number of carboxylic acid groups (broad SMARTS) is 1. The first-order valence-corrected chi connectivity index (χ1v) is 12.1. The van der Waals surface area contributed by atoms with Gasteiger partial charge in [-0.25, -0.2) is 4.98 Å². The van der Waals surface area contributed by atoms with Crippen LogP contribution in [0, 0.1) is 6.92 Å². The van der Waals surface area contributed by atoms with E-state index in [4.69, 9.17) is 5.11 Å². The Balaban J connectivity index is 1.55. The summed E-state index contributed by atoms with van der Waals surface area (Å²) in [5.74, 6) is -2.07. The smallest absolute Gasteiger partial charge is 0.418 e. The molecule has 0 spiro atoms. The van der Waals surface area contributed by atoms with Gasteiger partial charge in [0.05, 0.1) is 33.9 Å². The number of alkyl halides is 3. The van der Waals surface area contributed by atoms with Crippen molar-refractivity contribution >= 4 is 61.1 Å². The van der Waals surface area contributed by atoms with Crippen LogP contribution in [-0.2, 0) is 15.8 Å². The van der Waals surface area contributed by atoms with E-state index in [2.05, 4.69) is 31.1 Å². The molecule has 2 heterocycles. The van der Waals surface area contributed by atoms with Crippen LogP contribution in [0.15, 0.2) is 30.5 Å². The van der Waals surface area contributed by atoms with Gasteiger partial charge in [0.2, 0.25) is 0 Å². The zero-order valence-corrected chi connectivity index (χ0v) is 21.2. The first-order chi connectivity index (χ1) is 17.8. The Morgan fingerprint density at radius 3 is 2.58 bits per heavy atom. The lowest BCUT2D eigenvalue weighted by Gasteiger charge is -2.26. The van der Waals surface area contributed by atoms with Crippen molar-refractivity contribution in [3.8, 4) is 0 Å². The van der Waals surface area contributed by atoms with Crippen LogP contribution in [0.4, 0.5) is 24.0 Å². The Hall–Kier alpha value is -4.20. The SMILES string of the molecule is Cc1ccc(NC(C)(C)C(=O)Nc2nc3c(C(F)(F)F)cc4[nH]ncc4c3s2)cc1C(=O)NCCC(=O)O. The fourth-order valence-electron chi connectivity index (χ4n) is 3.75. The predicted molar refractivity (Wildman–Crippen MR) is 136 cm³/mol. The van der Waals surface area contributed by atoms with Crippen LogP contribution in [0.1, 0.15) is 41.8 Å². The van der Waals surface area contributed by atoms with E-state index >= 15 is 0 Å². The molecule has 0 saturated heterocycles. The van der Waals surface area contributed by atoms with Gasteiger partial charge in [0, 0.05) is 23.2 Å². The third-order valence-electron chi connectivity index (χ3n) is 5.74. The molecule has 4 aromatic rings. The predicted octanol–water partition coefficient (Wildman–Crippen LogP) is 4.53. The van der Waals surface area contributed by atoms with Gasteiger partial charge in [-0.15, -0.1) is 0 Å². The van der Waals surface area contributed by atoms with Crippen molar-refractivity contribution in [1.82, 2.24) is 20.5 Å². The Morgan fingerprint density at radius 2 is 1.89 bits per heavy atom. The quantitative estimate of drug-likeness (QED) is 0.217. The highest BCUT2D eigenvalue weighted by atomic mass is 32.1. The molecule has 14 heteroatoms. The highest BCUT2D eigenvalue weighted by Crippen LogP contribution is 2.41. The van der Waals surface area contributed by atoms with Crippen LogP contribution in [-0.4, -0.2) is 50.2 Å². The summed E-state index contributed by atoms with van der Waals surface area (Å²) in [5.41, 5.74) is -0.903. The second-order valence-corrected chi connectivity index (χ2v) is 10.1. The lowest BCUT2D eigenvalue weighted by molar-refractivity contribution is -0.137. The molecule has 5 N–H and O–H groups in total. The minimum absolute atomic E-state index is 0.0125. The largest absolute Gasteiger partial charge is 0.481 e. The van der Waals surface area contributed by atoms with Crippen LogP contribution in [0.25, 0.3) is 21.1 Å². The zero-order chi connectivity index (χ0) is 27.8. The number of hydrogen-bond donors (Lipinski definition) is 5. The van der Waals surface area contributed by atoms with Crippen LogP contribution >= 0.6 is 11.3 Å². The van der Waals surface area contributed by atoms with Crippen molar-refractivity contribution in [2.75, 3.05) is 17.2 Å². The van der Waals surface area contributed by atoms with Gasteiger partial charge in [0.15, 0.2) is 5.13 Å². The van der Waals surface area contributed by atoms with Crippen LogP contribution in [0.3, 0.4) is 0 Å². The standard InChI is InChI=1S/C24H23F3N6O4S/c1-11-4-5-12(8-13(11)20(36)28-7-6-17(34)35)32-23(2,3)21(37)31-22-30-18-15(24(25,26)27)9-16-14(10-29-33-16)19(18)38-22/h4-5,8-10,32H,6-7H2,1-3H3,(H,28,36)(H,29,33)(H,34,35)(H,30,31,37). The van der Waals surface area contributed by atoms with E-state index in [1.165, 1.54) is 12.3 Å². The maximum Gasteiger partial charge on any atom is 0.418 e. The molecular weight excluding hydrogens is 525 g/mol. The molecule has 0 bridgehead atoms. The van der Waals surface area contributed by atoms with Gasteiger partial charge >= 0.3 is 12.1 Å². The number of carboxylic acids is 1. The highest BCUT2D eigenvalue weighted by Gasteiger charge is 2.36. The summed E-state index contributed by atoms with van der Waals surface area (Å²) in [5, 5.41) is 23.7. The topological polar surface area (TPSA) is 149 Å². The van der Waals surface area contributed by atoms with Crippen molar-refractivity contribution in [3.63, 3.8) is 0 Å². The summed E-state index contributed by atoms with van der Waals surface area (Å²) in [4.78, 5) is 40.4. The Kier molecular flexibility index (Phi) is 7.02. The number of aromatic nitrogens is 3. The van der Waals surface area contributed by atoms with Crippen LogP contribution in [0.2, 0.25) is 0 Å². The number of rotatable bonds is 8. The maximum atomic E-state index is 13.7. The molecule has 200 valence electrons. The normalized spacial score (nSPS) is 12.1. The van der Waals surface area contributed by atoms with Gasteiger partial charge in [-0.2, -0.15) is 18.3 Å². The molecule has 0 aliphatic rings. The number of aryl methyl sites for hydroxylation is 1. The number of H-pyrrole nitrogens is 1. The molecule has 4 rings (SSSR count). The summed E-state index contributed by atoms with van der Waals surface area (Å²) in [7, 11) is 0. The third-order valence-corrected chi connectivity index (χ3v) is 6.75. The molecule has 0 fully saturated rings. The number of nitrogens with zero attached hydrogens (tertiary/aromatic N) is 2. The minimum atomic E-state index is -4.66. The monoisotopic (exact) mass is 548 g/mol. The molecule has 10 nitrogen and oxygen atoms in total. The summed E-state index contributed by atoms with van der Waals surface area (Å²) in [6, 6.07) is 5.81. The fraction of sp³-hybridized carbons (Fsp3) is 0.292. The van der Waals surface area contributed by atoms with Crippen molar-refractivity contribution in [1.29, 1.82) is 0 Å². The van der Waals surface area contributed by atoms with E-state index in [9.17, 15) is 27.6 Å². The van der Waals surface area contributed by atoms with E-state index in [1.54, 1.807) is 32.9 Å². The Morgan fingerprint density at radius 1 is 1.16 bits per heavy atom. The van der Waals surface area contributed by atoms with Crippen LogP contribution < -0.4 is 16.0 Å². The molecular formula is C24H23F3N6O4S. The number of hydrogen-bond acceptors (Lipinski definition) is 7. The number of carbonyl (C=O) groups is 3. The number of aliphatic carboxylic acids is 1. The number of benzene rings is 2. The molecule has 0 aliphatic heterocycles. The number of nitrogens with one attached hydrogen (secondary N) is 4. The molecule has 38 heavy (non-hydrogen) atoms. The maximum absolute atomic E-state index is 13.7. The lowest BCUT2D eigenvalue weighted by Crippen LogP contribution is -2.44. The van der Waals surface area contributed by atoms with Crippen LogP contribution in [0.5, 0.6) is 0 Å². The lowest BCUT2D eigenvalue weighted by atomic mass is 10.0. The number of anilines is 2. The Bertz CT molecular complexity index is 1560. The summed E-state index contributed by atoms with van der Waals surface area (Å²) >= 11 is 0.905. The van der Waals surface area contributed by atoms with Gasteiger partial charge in [0.1, 0.15) is 5.54 Å². The molecule has 0 unspecified atom stereocenters. The highest BCUT2D eigenvalue weighted by molar-refractivity contribution is 7.23. The molecule has 0 saturated carbocycles. The minimum Gasteiger partial charge on any atom is -0.481 e. The Labute approximate surface area is 217 Å². The van der Waals surface area contributed by atoms with Gasteiger partial charge in [-0.05, 0) is 44.5 Å². The number of fused-ring (bicyclic) bond motifs is 3. The van der Waals surface area contributed by atoms with Gasteiger partial charge < -0.3 is 15.7 Å². The molecule has 2 amide bonds. The molecule has 0 atom stereocenters. The van der Waals surface area contributed by atoms with Gasteiger partial charge in [0.25, 0.3) is 11.8 Å². The van der Waals surface area contributed by atoms with E-state index in [-0.39, 0.29) is 33.8 Å². The molecule has 0 aliphatic carbocycles. The first-order valence-electron chi connectivity index (χ1n) is 11.3. The average molecular weight is 549 g/mol. The number of aromatic amines is 1. The molecule has 0 radical (unpaired) electrons. The van der Waals surface area contributed by atoms with Gasteiger partial charge in [-0.3, -0.25) is 24.8 Å². The molecule has 2 aromatic carbocycles. The second-order valence-electron chi connectivity index (χ2n) is 9.08. The number of carbonyl (C=O) groups excluding carboxylic acids is 2. The number of amides is 2. The third kappa shape index (κ3) is 5.54. The first kappa shape index (κ1) is 26.9. The fourth-order valence-corrected chi connectivity index (χ4v) is 4.75. The summed E-state index contributed by atoms with van der Waals surface area (Å²) < 4.78 is 41.2. The van der Waals surface area contributed by atoms with Crippen molar-refractivity contribution < 1.29 is 32.7 Å². The second kappa shape index (κ2) is 9.93. The average Bonchev–Trinajstić information content (AvgIpc) is 3.45. The van der Waals surface area contributed by atoms with Crippen molar-refractivity contribution in [2.24, 2.45) is 0 Å². The van der Waals surface area contributed by atoms with Crippen molar-refractivity contribution in [2.45, 2.75) is 38.9 Å². The van der Waals surface area contributed by atoms with E-state index in [0.717, 1.165) is 17.4 Å². The number of thiazole rings is 1. The zero-order valence-electron chi connectivity index (χ0n) is 20.4. The number of halogens is 3. The summed E-state index contributed by atoms with van der Waals surface area (Å²) in [6.07, 6.45) is -3.48. The summed E-state index contributed by atoms with van der Waals surface area (Å²) in [6.45, 7) is 4.81.